The molecule has 0 aliphatic carbocycles. The smallest absolute Gasteiger partial charge is 0.255 e. The molecule has 3 nitrogen and oxygen atoms in total. The Morgan fingerprint density at radius 3 is 3.00 bits per heavy atom. The molecule has 4 heteroatoms. The van der Waals surface area contributed by atoms with Gasteiger partial charge >= 0.3 is 0 Å². The number of carbonyl (C=O) groups is 1. The number of nitrogens with zero attached hydrogens (tertiary/aromatic N) is 1. The summed E-state index contributed by atoms with van der Waals surface area (Å²) in [6.45, 7) is 2.40. The number of amides is 1. The first-order valence-corrected chi connectivity index (χ1v) is 6.33. The van der Waals surface area contributed by atoms with Crippen molar-refractivity contribution < 1.29 is 14.3 Å². The van der Waals surface area contributed by atoms with Crippen LogP contribution in [0.5, 0.6) is 0 Å². The first-order chi connectivity index (χ1) is 9.13. The molecule has 1 aliphatic heterocycles. The molecule has 1 amide bonds. The Balaban J connectivity index is 2.36. The van der Waals surface area contributed by atoms with E-state index in [1.807, 2.05) is 6.92 Å². The molecule has 100 valence electrons. The van der Waals surface area contributed by atoms with Gasteiger partial charge < -0.3 is 10.0 Å². The second kappa shape index (κ2) is 5.85. The summed E-state index contributed by atoms with van der Waals surface area (Å²) >= 11 is 0. The summed E-state index contributed by atoms with van der Waals surface area (Å²) in [7, 11) is 0. The molecular formula is C15H16FNO2. The standard InChI is InChI=1S/C15H16FNO2/c1-11-4-2-8-17(11)15(19)14-10-13(16)7-6-12(14)5-3-9-18/h6-7,10-11,18H,2,4,8-9H2,1H3. The summed E-state index contributed by atoms with van der Waals surface area (Å²) in [4.78, 5) is 14.2. The van der Waals surface area contributed by atoms with E-state index in [9.17, 15) is 9.18 Å². The summed E-state index contributed by atoms with van der Waals surface area (Å²) in [6, 6.07) is 4.14. The van der Waals surface area contributed by atoms with Gasteiger partial charge in [0.15, 0.2) is 0 Å². The first-order valence-electron chi connectivity index (χ1n) is 6.33. The molecular weight excluding hydrogens is 245 g/mol. The predicted molar refractivity (Wildman–Crippen MR) is 70.1 cm³/mol. The Hall–Kier alpha value is -1.86. The van der Waals surface area contributed by atoms with Gasteiger partial charge in [-0.2, -0.15) is 0 Å². The van der Waals surface area contributed by atoms with Crippen molar-refractivity contribution >= 4 is 5.91 Å². The minimum absolute atomic E-state index is 0.175. The molecule has 1 heterocycles. The second-order valence-electron chi connectivity index (χ2n) is 4.64. The van der Waals surface area contributed by atoms with Crippen LogP contribution in [-0.4, -0.2) is 35.1 Å². The lowest BCUT2D eigenvalue weighted by molar-refractivity contribution is 0.0746. The maximum atomic E-state index is 13.3. The Kier molecular flexibility index (Phi) is 4.18. The highest BCUT2D eigenvalue weighted by atomic mass is 19.1. The minimum Gasteiger partial charge on any atom is -0.384 e. The molecule has 1 aliphatic rings. The second-order valence-corrected chi connectivity index (χ2v) is 4.64. The summed E-state index contributed by atoms with van der Waals surface area (Å²) in [5, 5.41) is 8.72. The van der Waals surface area contributed by atoms with Crippen LogP contribution in [0.4, 0.5) is 4.39 Å². The van der Waals surface area contributed by atoms with Crippen molar-refractivity contribution in [2.75, 3.05) is 13.2 Å². The van der Waals surface area contributed by atoms with Gasteiger partial charge in [-0.05, 0) is 38.0 Å². The number of rotatable bonds is 1. The summed E-state index contributed by atoms with van der Waals surface area (Å²) in [5.74, 6) is 4.55. The summed E-state index contributed by atoms with van der Waals surface area (Å²) in [5.41, 5.74) is 0.731. The average Bonchev–Trinajstić information content (AvgIpc) is 2.82. The Labute approximate surface area is 112 Å². The minimum atomic E-state index is -0.454. The van der Waals surface area contributed by atoms with Gasteiger partial charge in [0.1, 0.15) is 12.4 Å². The molecule has 0 saturated carbocycles. The first kappa shape index (κ1) is 13.6. The van der Waals surface area contributed by atoms with Crippen LogP contribution in [0.1, 0.15) is 35.7 Å². The van der Waals surface area contributed by atoms with E-state index >= 15 is 0 Å². The zero-order valence-corrected chi connectivity index (χ0v) is 10.8. The molecule has 1 N–H and O–H groups in total. The predicted octanol–water partition coefficient (Wildman–Crippen LogP) is 1.79. The normalized spacial score (nSPS) is 18.1. The van der Waals surface area contributed by atoms with Gasteiger partial charge in [-0.25, -0.2) is 4.39 Å². The SMILES string of the molecule is CC1CCCN1C(=O)c1cc(F)ccc1C#CCO. The number of aliphatic hydroxyl groups excluding tert-OH is 1. The van der Waals surface area contributed by atoms with E-state index in [2.05, 4.69) is 11.8 Å². The van der Waals surface area contributed by atoms with Crippen molar-refractivity contribution in [2.24, 2.45) is 0 Å². The Morgan fingerprint density at radius 2 is 2.37 bits per heavy atom. The van der Waals surface area contributed by atoms with Crippen molar-refractivity contribution in [3.63, 3.8) is 0 Å². The van der Waals surface area contributed by atoms with Gasteiger partial charge in [0.05, 0.1) is 5.56 Å². The van der Waals surface area contributed by atoms with Crippen LogP contribution < -0.4 is 0 Å². The third-order valence-corrected chi connectivity index (χ3v) is 3.33. The van der Waals surface area contributed by atoms with E-state index in [-0.39, 0.29) is 24.1 Å². The van der Waals surface area contributed by atoms with Gasteiger partial charge in [-0.3, -0.25) is 4.79 Å². The van der Waals surface area contributed by atoms with Crippen LogP contribution in [0.25, 0.3) is 0 Å². The van der Waals surface area contributed by atoms with Gasteiger partial charge in [0.2, 0.25) is 0 Å². The van der Waals surface area contributed by atoms with Crippen LogP contribution in [0.3, 0.4) is 0 Å². The van der Waals surface area contributed by atoms with Crippen molar-refractivity contribution in [1.82, 2.24) is 4.90 Å². The lowest BCUT2D eigenvalue weighted by atomic mass is 10.1. The number of benzene rings is 1. The number of hydrogen-bond donors (Lipinski definition) is 1. The zero-order chi connectivity index (χ0) is 13.8. The molecule has 0 radical (unpaired) electrons. The molecule has 1 saturated heterocycles. The van der Waals surface area contributed by atoms with Gasteiger partial charge in [0.25, 0.3) is 5.91 Å². The highest BCUT2D eigenvalue weighted by Gasteiger charge is 2.27. The van der Waals surface area contributed by atoms with Crippen molar-refractivity contribution in [2.45, 2.75) is 25.8 Å². The fourth-order valence-corrected chi connectivity index (χ4v) is 2.33. The molecule has 1 aromatic rings. The number of hydrogen-bond acceptors (Lipinski definition) is 2. The third-order valence-electron chi connectivity index (χ3n) is 3.33. The molecule has 1 unspecified atom stereocenters. The lowest BCUT2D eigenvalue weighted by Crippen LogP contribution is -2.34. The van der Waals surface area contributed by atoms with Crippen LogP contribution in [0.2, 0.25) is 0 Å². The molecule has 2 rings (SSSR count). The van der Waals surface area contributed by atoms with E-state index < -0.39 is 5.82 Å². The van der Waals surface area contributed by atoms with Crippen LogP contribution in [-0.2, 0) is 0 Å². The van der Waals surface area contributed by atoms with E-state index in [0.29, 0.717) is 12.1 Å². The number of aliphatic hydroxyl groups is 1. The average molecular weight is 261 g/mol. The number of carbonyl (C=O) groups excluding carboxylic acids is 1. The van der Waals surface area contributed by atoms with E-state index in [0.717, 1.165) is 12.8 Å². The topological polar surface area (TPSA) is 40.5 Å². The largest absolute Gasteiger partial charge is 0.384 e. The summed E-state index contributed by atoms with van der Waals surface area (Å²) in [6.07, 6.45) is 1.94. The highest BCUT2D eigenvalue weighted by Crippen LogP contribution is 2.21. The molecule has 0 spiro atoms. The van der Waals surface area contributed by atoms with Gasteiger partial charge in [0, 0.05) is 18.2 Å². The third kappa shape index (κ3) is 2.94. The molecule has 1 atom stereocenters. The number of likely N-dealkylation sites (tertiary alicyclic amines) is 1. The molecule has 0 bridgehead atoms. The summed E-state index contributed by atoms with van der Waals surface area (Å²) < 4.78 is 13.3. The lowest BCUT2D eigenvalue weighted by Gasteiger charge is -2.22. The van der Waals surface area contributed by atoms with Gasteiger partial charge in [-0.15, -0.1) is 0 Å². The Morgan fingerprint density at radius 1 is 1.58 bits per heavy atom. The molecule has 1 fully saturated rings. The van der Waals surface area contributed by atoms with Gasteiger partial charge in [-0.1, -0.05) is 11.8 Å². The highest BCUT2D eigenvalue weighted by molar-refractivity contribution is 5.97. The van der Waals surface area contributed by atoms with E-state index in [1.54, 1.807) is 4.90 Å². The molecule has 1 aromatic carbocycles. The maximum absolute atomic E-state index is 13.3. The molecule has 0 aromatic heterocycles. The fraction of sp³-hybridized carbons (Fsp3) is 0.400. The maximum Gasteiger partial charge on any atom is 0.255 e. The quantitative estimate of drug-likeness (QED) is 0.783. The monoisotopic (exact) mass is 261 g/mol. The zero-order valence-electron chi connectivity index (χ0n) is 10.8. The fourth-order valence-electron chi connectivity index (χ4n) is 2.33. The van der Waals surface area contributed by atoms with E-state index in [4.69, 9.17) is 5.11 Å². The van der Waals surface area contributed by atoms with Crippen LogP contribution in [0.15, 0.2) is 18.2 Å². The Bertz CT molecular complexity index is 545. The van der Waals surface area contributed by atoms with Crippen molar-refractivity contribution in [3.8, 4) is 11.8 Å². The van der Waals surface area contributed by atoms with Crippen LogP contribution in [0, 0.1) is 17.7 Å². The van der Waals surface area contributed by atoms with Crippen molar-refractivity contribution in [3.05, 3.63) is 35.1 Å². The number of halogens is 1. The van der Waals surface area contributed by atoms with Crippen LogP contribution >= 0.6 is 0 Å². The van der Waals surface area contributed by atoms with E-state index in [1.165, 1.54) is 18.2 Å². The molecule has 19 heavy (non-hydrogen) atoms. The van der Waals surface area contributed by atoms with Crippen molar-refractivity contribution in [1.29, 1.82) is 0 Å².